The molecule has 0 saturated carbocycles. The number of rotatable bonds is 85. The zero-order valence-electron chi connectivity index (χ0n) is 75.5. The fourth-order valence-electron chi connectivity index (χ4n) is 12.5. The molecule has 0 aromatic rings. The summed E-state index contributed by atoms with van der Waals surface area (Å²) in [4.78, 5) is 0. The molecule has 0 aliphatic carbocycles. The van der Waals surface area contributed by atoms with Crippen molar-refractivity contribution < 1.29 is 162 Å². The predicted octanol–water partition coefficient (Wildman–Crippen LogP) is 3.36. The summed E-state index contributed by atoms with van der Waals surface area (Å²) < 4.78 is 153. The highest BCUT2D eigenvalue weighted by Gasteiger charge is 2.42. The lowest BCUT2D eigenvalue weighted by Crippen LogP contribution is -2.42. The Morgan fingerprint density at radius 1 is 0.222 bits per heavy atom. The van der Waals surface area contributed by atoms with Crippen molar-refractivity contribution in [2.24, 2.45) is 17.6 Å². The standard InChI is InChI=1S/C30H69NO15Si3.2C21H49NO10Si2/c1-35-47(36-2,37-3)18-10-15-44-24-28(32)21-27(22-29(33)25-45-16-11-19-48(38-4,39-5)40-6)13-14-31-23-30(34)26-46-17-12-20-49(41-7,42-8)43-9;1-25-33(26-2,27-3)13-7-11-31-17-20(23)15-19(9-10-22)16-21(24)18-32-12-8-14-34(28-4,29-5)30-6;1-25-33(26-2,27-3)15-9-13-31-18-20(23)11-7-8-12-22-17-21(24)19-32-14-10-16-34(28-4,29-5)30-6/h27-34H,10-26H2,1-9H3;19-21,23-24H,7-18,22H2,1-6H3;20-24H,7-19H2,1-6H3. The van der Waals surface area contributed by atoms with E-state index in [9.17, 15) is 35.7 Å². The molecule has 0 heterocycles. The van der Waals surface area contributed by atoms with E-state index in [2.05, 4.69) is 10.6 Å². The monoisotopic (exact) mass is 1830 g/mol. The van der Waals surface area contributed by atoms with Crippen LogP contribution in [-0.2, 0) is 126 Å². The Labute approximate surface area is 710 Å². The van der Waals surface area contributed by atoms with Gasteiger partial charge in [0.15, 0.2) is 0 Å². The first-order valence-corrected chi connectivity index (χ1v) is 54.2. The van der Waals surface area contributed by atoms with E-state index in [1.54, 1.807) is 149 Å². The number of aliphatic hydroxyl groups excluding tert-OH is 7. The molecular formula is C72H167N3O35Si7. The van der Waals surface area contributed by atoms with Crippen molar-refractivity contribution in [3.05, 3.63) is 0 Å². The SMILES string of the molecule is CO[Si](CCCOCC(O)CC(CCN)CC(O)COCCC[Si](OC)(OC)OC)(OC)OC.CO[Si](CCCOCC(O)CCCCNCC(O)COCCC[Si](OC)(OC)OC)(OC)OC.CO[Si](CCCOCC(O)CNCCC(CC(O)COCCC[Si](OC)(OC)OC)CC(O)COCCC[Si](OC)(OC)OC)(OC)OC. The molecule has 0 amide bonds. The molecule has 0 spiro atoms. The van der Waals surface area contributed by atoms with Gasteiger partial charge < -0.3 is 178 Å². The van der Waals surface area contributed by atoms with Gasteiger partial charge in [0.25, 0.3) is 0 Å². The highest BCUT2D eigenvalue weighted by Crippen LogP contribution is 2.25. The fourth-order valence-corrected chi connectivity index (χ4v) is 24.4. The van der Waals surface area contributed by atoms with Gasteiger partial charge in [0, 0.05) is 251 Å². The van der Waals surface area contributed by atoms with Crippen LogP contribution in [-0.4, -0.2) is 415 Å². The van der Waals surface area contributed by atoms with Crippen LogP contribution in [0, 0.1) is 11.8 Å². The van der Waals surface area contributed by atoms with Gasteiger partial charge in [0.05, 0.1) is 89.0 Å². The van der Waals surface area contributed by atoms with Crippen molar-refractivity contribution in [2.75, 3.05) is 275 Å². The molecule has 38 nitrogen and oxygen atoms in total. The maximum Gasteiger partial charge on any atom is 0.500 e. The van der Waals surface area contributed by atoms with Crippen molar-refractivity contribution in [3.63, 3.8) is 0 Å². The van der Waals surface area contributed by atoms with Crippen molar-refractivity contribution in [2.45, 2.75) is 188 Å². The molecular weight excluding hydrogens is 1660 g/mol. The molecule has 0 aliphatic rings. The van der Waals surface area contributed by atoms with Crippen LogP contribution in [0.25, 0.3) is 0 Å². The van der Waals surface area contributed by atoms with Gasteiger partial charge in [-0.3, -0.25) is 0 Å². The molecule has 0 bridgehead atoms. The average Bonchev–Trinajstić information content (AvgIpc) is 0.936. The first-order valence-electron chi connectivity index (χ1n) is 40.7. The molecule has 11 N–H and O–H groups in total. The molecule has 7 unspecified atom stereocenters. The van der Waals surface area contributed by atoms with E-state index < -0.39 is 104 Å². The topological polar surface area (TPSA) is 450 Å². The molecule has 117 heavy (non-hydrogen) atoms. The zero-order valence-corrected chi connectivity index (χ0v) is 82.5. The molecule has 708 valence electrons. The van der Waals surface area contributed by atoms with Gasteiger partial charge in [-0.15, -0.1) is 0 Å². The predicted molar refractivity (Wildman–Crippen MR) is 455 cm³/mol. The lowest BCUT2D eigenvalue weighted by molar-refractivity contribution is 0.000953. The summed E-state index contributed by atoms with van der Waals surface area (Å²) in [6, 6.07) is 4.45. The third-order valence-corrected chi connectivity index (χ3v) is 39.6. The number of aliphatic hydroxyl groups is 7. The van der Waals surface area contributed by atoms with Crippen LogP contribution in [0.1, 0.15) is 103 Å². The Kier molecular flexibility index (Phi) is 79.9. The normalized spacial score (nSPS) is 15.2. The lowest BCUT2D eigenvalue weighted by Gasteiger charge is -2.25. The van der Waals surface area contributed by atoms with Crippen molar-refractivity contribution >= 4 is 61.6 Å². The summed E-state index contributed by atoms with van der Waals surface area (Å²) in [7, 11) is 14.9. The Morgan fingerprint density at radius 2 is 0.410 bits per heavy atom. The molecule has 0 aromatic carbocycles. The van der Waals surface area contributed by atoms with E-state index in [4.69, 9.17) is 132 Å². The molecule has 0 aromatic heterocycles. The number of ether oxygens (including phenoxy) is 7. The average molecular weight is 1830 g/mol. The second-order valence-corrected chi connectivity index (χ2v) is 49.5. The highest BCUT2D eigenvalue weighted by atomic mass is 28.4. The second-order valence-electron chi connectivity index (χ2n) is 27.8. The van der Waals surface area contributed by atoms with Crippen LogP contribution >= 0.6 is 0 Å². The molecule has 0 radical (unpaired) electrons. The number of nitrogens with two attached hydrogens (primary N) is 1. The van der Waals surface area contributed by atoms with Gasteiger partial charge in [-0.2, -0.15) is 0 Å². The van der Waals surface area contributed by atoms with E-state index in [0.717, 1.165) is 32.2 Å². The van der Waals surface area contributed by atoms with Crippen molar-refractivity contribution in [3.8, 4) is 0 Å². The third-order valence-electron chi connectivity index (χ3n) is 19.7. The molecule has 45 heteroatoms. The van der Waals surface area contributed by atoms with E-state index in [1.165, 1.54) is 0 Å². The van der Waals surface area contributed by atoms with Crippen LogP contribution in [0.15, 0.2) is 0 Å². The molecule has 0 saturated heterocycles. The van der Waals surface area contributed by atoms with E-state index in [0.29, 0.717) is 198 Å². The number of nitrogens with one attached hydrogen (secondary N) is 2. The smallest absolute Gasteiger partial charge is 0.391 e. The largest absolute Gasteiger partial charge is 0.500 e. The minimum Gasteiger partial charge on any atom is -0.391 e. The van der Waals surface area contributed by atoms with Crippen LogP contribution in [0.4, 0.5) is 0 Å². The maximum absolute atomic E-state index is 10.8. The lowest BCUT2D eigenvalue weighted by atomic mass is 9.92. The molecule has 0 rings (SSSR count). The van der Waals surface area contributed by atoms with Gasteiger partial charge in [-0.1, -0.05) is 0 Å². The summed E-state index contributed by atoms with van der Waals surface area (Å²) in [6.07, 6.45) is 6.26. The number of hydrogen-bond donors (Lipinski definition) is 10. The zero-order chi connectivity index (χ0) is 88.6. The Balaban J connectivity index is -0.00000171. The quantitative estimate of drug-likeness (QED) is 0.0308. The Morgan fingerprint density at radius 3 is 0.615 bits per heavy atom. The van der Waals surface area contributed by atoms with Crippen LogP contribution < -0.4 is 16.4 Å². The fraction of sp³-hybridized carbons (Fsp3) is 1.00. The minimum atomic E-state index is -2.67. The van der Waals surface area contributed by atoms with Gasteiger partial charge in [-0.05, 0) is 134 Å². The van der Waals surface area contributed by atoms with E-state index in [1.807, 2.05) is 0 Å². The summed E-state index contributed by atoms with van der Waals surface area (Å²) in [6.45, 7) is 7.49. The third kappa shape index (κ3) is 58.2. The summed E-state index contributed by atoms with van der Waals surface area (Å²) >= 11 is 0. The number of hydrogen-bond acceptors (Lipinski definition) is 38. The molecule has 0 fully saturated rings. The van der Waals surface area contributed by atoms with Gasteiger partial charge in [0.1, 0.15) is 0 Å². The molecule has 7 atom stereocenters. The first kappa shape index (κ1) is 121. The van der Waals surface area contributed by atoms with Gasteiger partial charge in [-0.25, -0.2) is 0 Å². The summed E-state index contributed by atoms with van der Waals surface area (Å²) in [5.41, 5.74) is 5.73. The van der Waals surface area contributed by atoms with E-state index >= 15 is 0 Å². The second kappa shape index (κ2) is 77.2. The van der Waals surface area contributed by atoms with Crippen molar-refractivity contribution in [1.29, 1.82) is 0 Å². The summed E-state index contributed by atoms with van der Waals surface area (Å²) in [5, 5.41) is 79.2. The minimum absolute atomic E-state index is 0.0176. The number of unbranched alkanes of at least 4 members (excludes halogenated alkanes) is 1. The van der Waals surface area contributed by atoms with Crippen LogP contribution in [0.2, 0.25) is 42.3 Å². The molecule has 0 aliphatic heterocycles. The summed E-state index contributed by atoms with van der Waals surface area (Å²) in [5.74, 6) is 0.0594. The van der Waals surface area contributed by atoms with Crippen molar-refractivity contribution in [1.82, 2.24) is 10.6 Å². The van der Waals surface area contributed by atoms with Crippen LogP contribution in [0.5, 0.6) is 0 Å². The van der Waals surface area contributed by atoms with E-state index in [-0.39, 0.29) is 51.5 Å². The van der Waals surface area contributed by atoms with Gasteiger partial charge in [0.2, 0.25) is 0 Å². The maximum atomic E-state index is 10.8. The Bertz CT molecular complexity index is 1950. The highest BCUT2D eigenvalue weighted by molar-refractivity contribution is 6.62. The van der Waals surface area contributed by atoms with Crippen LogP contribution in [0.3, 0.4) is 0 Å². The van der Waals surface area contributed by atoms with Gasteiger partial charge >= 0.3 is 61.6 Å². The first-order chi connectivity index (χ1) is 56.2. The Hall–Kier alpha value is -0.00182.